The number of aromatic nitrogens is 2. The van der Waals surface area contributed by atoms with Crippen LogP contribution in [0.15, 0.2) is 23.0 Å². The van der Waals surface area contributed by atoms with Crippen LogP contribution < -0.4 is 11.3 Å². The standard InChI is InChI=1S/C15H15N3O3/c1-8-17-11-4-2-3-10(16)14(11)15(21)18(8)12-6-5-9(19)7-13(12)20/h2-4,12H,5-7,16H2,1H3/i1D3,4D,5D,6D. The molecule has 0 amide bonds. The van der Waals surface area contributed by atoms with Gasteiger partial charge in [0.2, 0.25) is 0 Å². The quantitative estimate of drug-likeness (QED) is 0.628. The van der Waals surface area contributed by atoms with E-state index in [2.05, 4.69) is 4.98 Å². The summed E-state index contributed by atoms with van der Waals surface area (Å²) in [6.07, 6.45) is -3.94. The first-order valence-electron chi connectivity index (χ1n) is 9.32. The summed E-state index contributed by atoms with van der Waals surface area (Å²) in [5.74, 6) is -2.38. The van der Waals surface area contributed by atoms with Gasteiger partial charge in [-0.15, -0.1) is 0 Å². The van der Waals surface area contributed by atoms with Crippen molar-refractivity contribution in [1.82, 2.24) is 9.55 Å². The van der Waals surface area contributed by atoms with E-state index in [1.807, 2.05) is 0 Å². The highest BCUT2D eigenvalue weighted by Gasteiger charge is 2.30. The normalized spacial score (nSPS) is 31.0. The minimum absolute atomic E-state index is 0.0624. The summed E-state index contributed by atoms with van der Waals surface area (Å²) in [4.78, 5) is 41.1. The smallest absolute Gasteiger partial charge is 0.264 e. The molecule has 108 valence electrons. The Bertz CT molecular complexity index is 1030. The molecule has 0 radical (unpaired) electrons. The molecule has 3 unspecified atom stereocenters. The SMILES string of the molecule is [2H]c1ccc(N)c2c(=O)n(C3C(=O)CC(=O)C([2H])C3[2H])c(C([2H])([2H])[2H])nc12. The molecular formula is C15H15N3O3. The summed E-state index contributed by atoms with van der Waals surface area (Å²) in [7, 11) is 0. The lowest BCUT2D eigenvalue weighted by atomic mass is 9.92. The number of hydrogen-bond donors (Lipinski definition) is 1. The van der Waals surface area contributed by atoms with Crippen LogP contribution in [-0.2, 0) is 9.59 Å². The Morgan fingerprint density at radius 1 is 1.52 bits per heavy atom. The number of rotatable bonds is 1. The Morgan fingerprint density at radius 3 is 3.10 bits per heavy atom. The predicted molar refractivity (Wildman–Crippen MR) is 78.1 cm³/mol. The second-order valence-electron chi connectivity index (χ2n) is 4.68. The molecule has 6 heteroatoms. The lowest BCUT2D eigenvalue weighted by molar-refractivity contribution is -0.132. The van der Waals surface area contributed by atoms with E-state index in [0.29, 0.717) is 4.57 Å². The summed E-state index contributed by atoms with van der Waals surface area (Å²) >= 11 is 0. The fourth-order valence-electron chi connectivity index (χ4n) is 2.32. The zero-order valence-corrected chi connectivity index (χ0v) is 10.8. The number of carbonyl (C=O) groups is 2. The fourth-order valence-corrected chi connectivity index (χ4v) is 2.32. The van der Waals surface area contributed by atoms with Crippen molar-refractivity contribution in [2.24, 2.45) is 0 Å². The number of nitrogen functional groups attached to an aromatic ring is 1. The minimum atomic E-state index is -2.94. The predicted octanol–water partition coefficient (Wildman–Crippen LogP) is 1.15. The maximum absolute atomic E-state index is 13.1. The number of ketones is 2. The number of Topliss-reactive ketones (excluding diaryl/α,β-unsaturated/α-hetero) is 2. The van der Waals surface area contributed by atoms with Crippen molar-refractivity contribution in [2.45, 2.75) is 32.1 Å². The average molecular weight is 291 g/mol. The zero-order chi connectivity index (χ0) is 20.3. The Kier molecular flexibility index (Phi) is 1.84. The molecule has 3 rings (SSSR count). The molecule has 2 aromatic rings. The molecule has 1 aliphatic carbocycles. The number of nitrogens with zero attached hydrogens (tertiary/aromatic N) is 2. The number of nitrogens with two attached hydrogens (primary N) is 1. The van der Waals surface area contributed by atoms with Crippen molar-refractivity contribution in [3.8, 4) is 0 Å². The zero-order valence-electron chi connectivity index (χ0n) is 16.8. The number of anilines is 1. The molecule has 2 N–H and O–H groups in total. The van der Waals surface area contributed by atoms with Gasteiger partial charge in [-0.1, -0.05) is 6.07 Å². The minimum Gasteiger partial charge on any atom is -0.398 e. The largest absolute Gasteiger partial charge is 0.398 e. The van der Waals surface area contributed by atoms with Gasteiger partial charge in [-0.2, -0.15) is 0 Å². The van der Waals surface area contributed by atoms with Gasteiger partial charge in [-0.05, 0) is 25.4 Å². The van der Waals surface area contributed by atoms with Crippen LogP contribution in [-0.4, -0.2) is 21.1 Å². The van der Waals surface area contributed by atoms with Gasteiger partial charge in [0, 0.05) is 18.9 Å². The van der Waals surface area contributed by atoms with Crippen LogP contribution in [0.1, 0.15) is 39.3 Å². The first kappa shape index (κ1) is 8.07. The number of benzene rings is 1. The van der Waals surface area contributed by atoms with Crippen LogP contribution in [0.3, 0.4) is 0 Å². The van der Waals surface area contributed by atoms with Crippen molar-refractivity contribution in [3.05, 3.63) is 34.4 Å². The van der Waals surface area contributed by atoms with Gasteiger partial charge in [0.15, 0.2) is 5.78 Å². The lowest BCUT2D eigenvalue weighted by Gasteiger charge is -2.24. The van der Waals surface area contributed by atoms with Crippen molar-refractivity contribution in [1.29, 1.82) is 0 Å². The van der Waals surface area contributed by atoms with E-state index >= 15 is 0 Å². The van der Waals surface area contributed by atoms with E-state index in [9.17, 15) is 14.4 Å². The summed E-state index contributed by atoms with van der Waals surface area (Å²) < 4.78 is 47.3. The first-order valence-corrected chi connectivity index (χ1v) is 6.17. The molecule has 1 aliphatic rings. The van der Waals surface area contributed by atoms with Crippen LogP contribution in [0.5, 0.6) is 0 Å². The Morgan fingerprint density at radius 2 is 2.33 bits per heavy atom. The number of hydrogen-bond acceptors (Lipinski definition) is 5. The van der Waals surface area contributed by atoms with E-state index in [4.69, 9.17) is 14.0 Å². The molecule has 0 bridgehead atoms. The Hall–Kier alpha value is -2.50. The van der Waals surface area contributed by atoms with Crippen LogP contribution in [0, 0.1) is 6.85 Å². The molecule has 1 heterocycles. The highest BCUT2D eigenvalue weighted by Crippen LogP contribution is 2.24. The molecule has 6 nitrogen and oxygen atoms in total. The van der Waals surface area contributed by atoms with Gasteiger partial charge in [0.25, 0.3) is 5.56 Å². The second kappa shape index (κ2) is 4.80. The van der Waals surface area contributed by atoms with Crippen molar-refractivity contribution >= 4 is 28.2 Å². The molecular weight excluding hydrogens is 270 g/mol. The number of carbonyl (C=O) groups excluding carboxylic acids is 2. The molecule has 3 atom stereocenters. The molecule has 0 aliphatic heterocycles. The topological polar surface area (TPSA) is 95.0 Å². The van der Waals surface area contributed by atoms with Crippen LogP contribution >= 0.6 is 0 Å². The summed E-state index contributed by atoms with van der Waals surface area (Å²) in [6, 6.07) is 0.666. The van der Waals surface area contributed by atoms with Crippen LogP contribution in [0.2, 0.25) is 0 Å². The number of aryl methyl sites for hydroxylation is 1. The molecule has 1 aromatic heterocycles. The lowest BCUT2D eigenvalue weighted by Crippen LogP contribution is -2.36. The first-order chi connectivity index (χ1) is 12.4. The fraction of sp³-hybridized carbons (Fsp3) is 0.333. The maximum Gasteiger partial charge on any atom is 0.264 e. The summed E-state index contributed by atoms with van der Waals surface area (Å²) in [6.45, 7) is -2.94. The van der Waals surface area contributed by atoms with Gasteiger partial charge in [-0.25, -0.2) is 4.98 Å². The molecule has 0 saturated heterocycles. The van der Waals surface area contributed by atoms with Gasteiger partial charge in [0.1, 0.15) is 11.6 Å². The van der Waals surface area contributed by atoms with Gasteiger partial charge < -0.3 is 5.73 Å². The molecule has 1 saturated carbocycles. The molecule has 1 aromatic carbocycles. The molecule has 0 spiro atoms. The highest BCUT2D eigenvalue weighted by molar-refractivity contribution is 6.03. The third-order valence-electron chi connectivity index (χ3n) is 3.31. The van der Waals surface area contributed by atoms with Crippen molar-refractivity contribution in [3.63, 3.8) is 0 Å². The third kappa shape index (κ3) is 2.12. The average Bonchev–Trinajstić information content (AvgIpc) is 2.56. The molecule has 1 fully saturated rings. The second-order valence-corrected chi connectivity index (χ2v) is 4.68. The van der Waals surface area contributed by atoms with E-state index in [1.165, 1.54) is 12.1 Å². The van der Waals surface area contributed by atoms with Crippen LogP contribution in [0.4, 0.5) is 5.69 Å². The van der Waals surface area contributed by atoms with E-state index in [-0.39, 0.29) is 22.6 Å². The summed E-state index contributed by atoms with van der Waals surface area (Å²) in [5.41, 5.74) is 4.52. The Labute approximate surface area is 129 Å². The van der Waals surface area contributed by atoms with E-state index in [1.54, 1.807) is 0 Å². The van der Waals surface area contributed by atoms with E-state index in [0.717, 1.165) is 0 Å². The Balaban J connectivity index is 2.43. The molecule has 21 heavy (non-hydrogen) atoms. The third-order valence-corrected chi connectivity index (χ3v) is 3.31. The van der Waals surface area contributed by atoms with Gasteiger partial charge in [0.05, 0.1) is 24.7 Å². The maximum atomic E-state index is 13.1. The monoisotopic (exact) mass is 291 g/mol. The van der Waals surface area contributed by atoms with Crippen molar-refractivity contribution in [2.75, 3.05) is 5.73 Å². The van der Waals surface area contributed by atoms with Crippen molar-refractivity contribution < 1.29 is 17.8 Å². The van der Waals surface area contributed by atoms with Gasteiger partial charge in [-0.3, -0.25) is 19.0 Å². The van der Waals surface area contributed by atoms with Gasteiger partial charge >= 0.3 is 0 Å². The highest BCUT2D eigenvalue weighted by atomic mass is 16.2. The van der Waals surface area contributed by atoms with E-state index < -0.39 is 55.1 Å². The van der Waals surface area contributed by atoms with Crippen LogP contribution in [0.25, 0.3) is 10.9 Å². The summed E-state index contributed by atoms with van der Waals surface area (Å²) in [5, 5.41) is -0.242. The number of fused-ring (bicyclic) bond motifs is 1.